The smallest absolute Gasteiger partial charge is 0.161 e. The minimum atomic E-state index is 0.545. The zero-order chi connectivity index (χ0) is 10.3. The molecule has 0 atom stereocenters. The molecule has 0 aliphatic carbocycles. The van der Waals surface area contributed by atoms with Crippen molar-refractivity contribution in [1.82, 2.24) is 9.97 Å². The van der Waals surface area contributed by atoms with Gasteiger partial charge in [0.25, 0.3) is 0 Å². The van der Waals surface area contributed by atoms with Crippen LogP contribution < -0.4 is 11.5 Å². The monoisotopic (exact) mass is 188 g/mol. The Hall–Kier alpha value is -1.84. The topological polar surface area (TPSA) is 77.8 Å². The summed E-state index contributed by atoms with van der Waals surface area (Å²) in [6.07, 6.45) is 0. The number of hydrogen-bond acceptors (Lipinski definition) is 4. The number of anilines is 2. The summed E-state index contributed by atoms with van der Waals surface area (Å²) in [6, 6.07) is 3.80. The fraction of sp³-hybridized carbons (Fsp3) is 0.200. The maximum absolute atomic E-state index is 5.86. The lowest BCUT2D eigenvalue weighted by atomic mass is 10.2. The minimum absolute atomic E-state index is 0.545. The van der Waals surface area contributed by atoms with E-state index in [0.29, 0.717) is 17.0 Å². The summed E-state index contributed by atoms with van der Waals surface area (Å²) in [5.74, 6) is 0. The largest absolute Gasteiger partial charge is 0.396 e. The van der Waals surface area contributed by atoms with E-state index in [9.17, 15) is 0 Å². The van der Waals surface area contributed by atoms with Crippen LogP contribution in [0.2, 0.25) is 0 Å². The van der Waals surface area contributed by atoms with Gasteiger partial charge in [-0.05, 0) is 26.0 Å². The fourth-order valence-corrected chi connectivity index (χ4v) is 1.40. The Balaban J connectivity index is 2.91. The van der Waals surface area contributed by atoms with Gasteiger partial charge in [-0.15, -0.1) is 0 Å². The lowest BCUT2D eigenvalue weighted by Gasteiger charge is -2.07. The van der Waals surface area contributed by atoms with Crippen molar-refractivity contribution in [2.24, 2.45) is 0 Å². The molecule has 4 heteroatoms. The molecule has 2 aromatic heterocycles. The second-order valence-electron chi connectivity index (χ2n) is 3.35. The normalized spacial score (nSPS) is 10.7. The van der Waals surface area contributed by atoms with Crippen molar-refractivity contribution in [3.63, 3.8) is 0 Å². The van der Waals surface area contributed by atoms with Crippen LogP contribution >= 0.6 is 0 Å². The van der Waals surface area contributed by atoms with E-state index in [0.717, 1.165) is 16.8 Å². The number of aryl methyl sites for hydroxylation is 2. The summed E-state index contributed by atoms with van der Waals surface area (Å²) >= 11 is 0. The van der Waals surface area contributed by atoms with Crippen molar-refractivity contribution in [3.8, 4) is 0 Å². The molecule has 0 amide bonds. The van der Waals surface area contributed by atoms with Crippen LogP contribution in [0.25, 0.3) is 11.0 Å². The molecular formula is C10H12N4. The predicted octanol–water partition coefficient (Wildman–Crippen LogP) is 1.41. The molecule has 0 unspecified atom stereocenters. The molecule has 0 bridgehead atoms. The van der Waals surface area contributed by atoms with Crippen molar-refractivity contribution < 1.29 is 0 Å². The number of nitrogen functional groups attached to an aromatic ring is 2. The van der Waals surface area contributed by atoms with Gasteiger partial charge in [0.2, 0.25) is 0 Å². The highest BCUT2D eigenvalue weighted by Crippen LogP contribution is 2.26. The number of fused-ring (bicyclic) bond motifs is 1. The highest BCUT2D eigenvalue weighted by Gasteiger charge is 2.07. The first-order valence-corrected chi connectivity index (χ1v) is 4.38. The molecular weight excluding hydrogens is 176 g/mol. The van der Waals surface area contributed by atoms with E-state index in [1.54, 1.807) is 0 Å². The van der Waals surface area contributed by atoms with Gasteiger partial charge in [-0.3, -0.25) is 0 Å². The van der Waals surface area contributed by atoms with Gasteiger partial charge in [0, 0.05) is 11.1 Å². The summed E-state index contributed by atoms with van der Waals surface area (Å²) in [7, 11) is 0. The van der Waals surface area contributed by atoms with Crippen molar-refractivity contribution in [3.05, 3.63) is 23.5 Å². The highest BCUT2D eigenvalue weighted by molar-refractivity contribution is 5.94. The van der Waals surface area contributed by atoms with Crippen LogP contribution in [-0.4, -0.2) is 9.97 Å². The number of pyridine rings is 2. The van der Waals surface area contributed by atoms with Crippen molar-refractivity contribution in [1.29, 1.82) is 0 Å². The van der Waals surface area contributed by atoms with Gasteiger partial charge in [0.15, 0.2) is 5.65 Å². The molecule has 0 aliphatic rings. The average molecular weight is 188 g/mol. The molecule has 2 rings (SSSR count). The second-order valence-corrected chi connectivity index (χ2v) is 3.35. The maximum atomic E-state index is 5.86. The third kappa shape index (κ3) is 1.16. The summed E-state index contributed by atoms with van der Waals surface area (Å²) in [5, 5.41) is 0.818. The lowest BCUT2D eigenvalue weighted by Crippen LogP contribution is -2.02. The number of hydrogen-bond donors (Lipinski definition) is 2. The zero-order valence-corrected chi connectivity index (χ0v) is 8.20. The molecule has 72 valence electrons. The van der Waals surface area contributed by atoms with Gasteiger partial charge in [-0.25, -0.2) is 9.97 Å². The third-order valence-corrected chi connectivity index (χ3v) is 2.26. The van der Waals surface area contributed by atoms with Gasteiger partial charge in [0.05, 0.1) is 17.1 Å². The molecule has 14 heavy (non-hydrogen) atoms. The molecule has 2 heterocycles. The molecule has 0 saturated heterocycles. The molecule has 4 nitrogen and oxygen atoms in total. The lowest BCUT2D eigenvalue weighted by molar-refractivity contribution is 1.17. The fourth-order valence-electron chi connectivity index (χ4n) is 1.40. The van der Waals surface area contributed by atoms with E-state index in [4.69, 9.17) is 11.5 Å². The molecule has 2 aromatic rings. The Bertz CT molecular complexity index is 505. The van der Waals surface area contributed by atoms with Crippen LogP contribution in [0.15, 0.2) is 12.1 Å². The van der Waals surface area contributed by atoms with Crippen LogP contribution in [-0.2, 0) is 0 Å². The van der Waals surface area contributed by atoms with Crippen LogP contribution in [0.5, 0.6) is 0 Å². The Morgan fingerprint density at radius 1 is 1.00 bits per heavy atom. The molecule has 0 saturated carbocycles. The van der Waals surface area contributed by atoms with Gasteiger partial charge in [0.1, 0.15) is 0 Å². The van der Waals surface area contributed by atoms with E-state index >= 15 is 0 Å². The number of nitrogens with zero attached hydrogens (tertiary/aromatic N) is 2. The van der Waals surface area contributed by atoms with Crippen molar-refractivity contribution >= 4 is 22.4 Å². The summed E-state index contributed by atoms with van der Waals surface area (Å²) in [4.78, 5) is 8.57. The number of rotatable bonds is 0. The van der Waals surface area contributed by atoms with E-state index in [2.05, 4.69) is 9.97 Å². The molecule has 0 spiro atoms. The van der Waals surface area contributed by atoms with Crippen LogP contribution in [0.4, 0.5) is 11.4 Å². The van der Waals surface area contributed by atoms with Gasteiger partial charge >= 0.3 is 0 Å². The second kappa shape index (κ2) is 2.83. The van der Waals surface area contributed by atoms with E-state index in [-0.39, 0.29) is 0 Å². The Kier molecular flexibility index (Phi) is 1.77. The van der Waals surface area contributed by atoms with Crippen LogP contribution in [0.1, 0.15) is 11.4 Å². The summed E-state index contributed by atoms with van der Waals surface area (Å²) in [5.41, 5.74) is 15.1. The van der Waals surface area contributed by atoms with Gasteiger partial charge < -0.3 is 11.5 Å². The molecule has 0 radical (unpaired) electrons. The summed E-state index contributed by atoms with van der Waals surface area (Å²) < 4.78 is 0. The van der Waals surface area contributed by atoms with Crippen LogP contribution in [0, 0.1) is 13.8 Å². The first kappa shape index (κ1) is 8.74. The predicted molar refractivity (Wildman–Crippen MR) is 57.8 cm³/mol. The van der Waals surface area contributed by atoms with Crippen LogP contribution in [0.3, 0.4) is 0 Å². The number of nitrogens with two attached hydrogens (primary N) is 2. The Morgan fingerprint density at radius 3 is 2.43 bits per heavy atom. The van der Waals surface area contributed by atoms with E-state index in [1.807, 2.05) is 26.0 Å². The molecule has 4 N–H and O–H groups in total. The van der Waals surface area contributed by atoms with E-state index in [1.165, 1.54) is 0 Å². The zero-order valence-electron chi connectivity index (χ0n) is 8.20. The van der Waals surface area contributed by atoms with Crippen molar-refractivity contribution in [2.75, 3.05) is 11.5 Å². The van der Waals surface area contributed by atoms with Gasteiger partial charge in [-0.1, -0.05) is 0 Å². The Labute approximate surface area is 82.0 Å². The maximum Gasteiger partial charge on any atom is 0.161 e. The molecule has 0 fully saturated rings. The Morgan fingerprint density at radius 2 is 1.71 bits per heavy atom. The van der Waals surface area contributed by atoms with Gasteiger partial charge in [-0.2, -0.15) is 0 Å². The molecule has 0 aromatic carbocycles. The number of aromatic nitrogens is 2. The van der Waals surface area contributed by atoms with Crippen molar-refractivity contribution in [2.45, 2.75) is 13.8 Å². The first-order valence-electron chi connectivity index (χ1n) is 4.38. The molecule has 0 aliphatic heterocycles. The highest BCUT2D eigenvalue weighted by atomic mass is 14.9. The summed E-state index contributed by atoms with van der Waals surface area (Å²) in [6.45, 7) is 3.75. The quantitative estimate of drug-likeness (QED) is 0.655. The average Bonchev–Trinajstić information content (AvgIpc) is 2.14. The third-order valence-electron chi connectivity index (χ3n) is 2.26. The SMILES string of the molecule is Cc1ccc2c(N)c(N)c(C)nc2n1. The minimum Gasteiger partial charge on any atom is -0.396 e. The first-order chi connectivity index (χ1) is 6.59. The standard InChI is InChI=1S/C10H12N4/c1-5-3-4-7-9(12)8(11)6(2)14-10(7)13-5/h3-4H,11H2,1-2H3,(H2,12,13,14). The van der Waals surface area contributed by atoms with E-state index < -0.39 is 0 Å².